The topological polar surface area (TPSA) is 70.7 Å². The van der Waals surface area contributed by atoms with Crippen LogP contribution in [-0.4, -0.2) is 54.7 Å². The molecule has 0 unspecified atom stereocenters. The molecule has 1 aliphatic carbocycles. The van der Waals surface area contributed by atoms with Gasteiger partial charge in [0.25, 0.3) is 0 Å². The summed E-state index contributed by atoms with van der Waals surface area (Å²) in [4.78, 5) is 26.2. The van der Waals surface area contributed by atoms with Gasteiger partial charge in [-0.15, -0.1) is 0 Å². The zero-order valence-electron chi connectivity index (χ0n) is 16.8. The number of amides is 2. The molecule has 0 spiro atoms. The van der Waals surface area contributed by atoms with Gasteiger partial charge in [0.15, 0.2) is 0 Å². The van der Waals surface area contributed by atoms with Crippen molar-refractivity contribution in [3.05, 3.63) is 0 Å². The van der Waals surface area contributed by atoms with E-state index in [1.54, 1.807) is 0 Å². The first kappa shape index (κ1) is 21.0. The normalized spacial score (nSPS) is 20.6. The number of hydrogen-bond acceptors (Lipinski definition) is 4. The molecule has 0 radical (unpaired) electrons. The first-order valence-corrected chi connectivity index (χ1v) is 10.3. The van der Waals surface area contributed by atoms with E-state index in [-0.39, 0.29) is 11.9 Å². The van der Waals surface area contributed by atoms with E-state index in [1.807, 2.05) is 20.8 Å². The van der Waals surface area contributed by atoms with Crippen molar-refractivity contribution in [1.82, 2.24) is 15.5 Å². The van der Waals surface area contributed by atoms with Gasteiger partial charge in [-0.1, -0.05) is 19.3 Å². The zero-order valence-corrected chi connectivity index (χ0v) is 16.8. The van der Waals surface area contributed by atoms with Gasteiger partial charge in [0.05, 0.1) is 0 Å². The number of hydrogen-bond donors (Lipinski definition) is 2. The molecule has 150 valence electrons. The fraction of sp³-hybridized carbons (Fsp3) is 0.900. The van der Waals surface area contributed by atoms with Crippen molar-refractivity contribution < 1.29 is 14.3 Å². The predicted octanol–water partition coefficient (Wildman–Crippen LogP) is 3.06. The Morgan fingerprint density at radius 3 is 2.31 bits per heavy atom. The van der Waals surface area contributed by atoms with Crippen molar-refractivity contribution in [1.29, 1.82) is 0 Å². The molecule has 1 saturated heterocycles. The Kier molecular flexibility index (Phi) is 8.19. The van der Waals surface area contributed by atoms with Crippen molar-refractivity contribution in [3.8, 4) is 0 Å². The summed E-state index contributed by atoms with van der Waals surface area (Å²) in [7, 11) is 0. The number of rotatable bonds is 6. The lowest BCUT2D eigenvalue weighted by molar-refractivity contribution is -0.122. The molecule has 2 fully saturated rings. The average Bonchev–Trinajstić information content (AvgIpc) is 2.56. The van der Waals surface area contributed by atoms with Crippen LogP contribution < -0.4 is 10.6 Å². The lowest BCUT2D eigenvalue weighted by Crippen LogP contribution is -2.46. The van der Waals surface area contributed by atoms with E-state index in [4.69, 9.17) is 4.74 Å². The van der Waals surface area contributed by atoms with E-state index < -0.39 is 11.7 Å². The number of carbonyl (C=O) groups excluding carboxylic acids is 2. The molecule has 1 saturated carbocycles. The summed E-state index contributed by atoms with van der Waals surface area (Å²) in [6, 6.07) is 0.270. The molecule has 26 heavy (non-hydrogen) atoms. The molecule has 2 rings (SSSR count). The molecule has 6 heteroatoms. The van der Waals surface area contributed by atoms with Gasteiger partial charge in [0.2, 0.25) is 5.91 Å². The molecule has 0 aromatic heterocycles. The van der Waals surface area contributed by atoms with Gasteiger partial charge in [-0.05, 0) is 52.4 Å². The van der Waals surface area contributed by atoms with Crippen LogP contribution in [0.4, 0.5) is 4.79 Å². The van der Waals surface area contributed by atoms with Gasteiger partial charge in [-0.25, -0.2) is 4.79 Å². The van der Waals surface area contributed by atoms with Crippen molar-refractivity contribution in [2.75, 3.05) is 26.2 Å². The highest BCUT2D eigenvalue weighted by Gasteiger charge is 2.23. The van der Waals surface area contributed by atoms with Crippen molar-refractivity contribution >= 4 is 12.0 Å². The molecule has 2 amide bonds. The van der Waals surface area contributed by atoms with E-state index in [0.717, 1.165) is 31.8 Å². The molecular formula is C20H37N3O3. The quantitative estimate of drug-likeness (QED) is 0.757. The third-order valence-corrected chi connectivity index (χ3v) is 5.21. The fourth-order valence-corrected chi connectivity index (χ4v) is 3.89. The molecule has 1 heterocycles. The molecule has 0 bridgehead atoms. The number of nitrogens with one attached hydrogen (secondary N) is 2. The van der Waals surface area contributed by atoms with Gasteiger partial charge in [0.1, 0.15) is 5.60 Å². The lowest BCUT2D eigenvalue weighted by atomic mass is 9.88. The first-order valence-electron chi connectivity index (χ1n) is 10.3. The third kappa shape index (κ3) is 8.39. The second kappa shape index (κ2) is 10.1. The van der Waals surface area contributed by atoms with Crippen LogP contribution in [0, 0.1) is 5.92 Å². The summed E-state index contributed by atoms with van der Waals surface area (Å²) in [5.74, 6) is 0.889. The fourth-order valence-electron chi connectivity index (χ4n) is 3.89. The number of alkyl carbamates (subject to hydrolysis) is 1. The van der Waals surface area contributed by atoms with Gasteiger partial charge in [-0.2, -0.15) is 0 Å². The Hall–Kier alpha value is -1.30. The maximum absolute atomic E-state index is 12.1. The minimum atomic E-state index is -0.516. The van der Waals surface area contributed by atoms with E-state index in [0.29, 0.717) is 13.0 Å². The summed E-state index contributed by atoms with van der Waals surface area (Å²) in [6.45, 7) is 9.16. The molecule has 0 atom stereocenters. The summed E-state index contributed by atoms with van der Waals surface area (Å²) in [5.41, 5.74) is -0.516. The van der Waals surface area contributed by atoms with Crippen molar-refractivity contribution in [2.24, 2.45) is 5.92 Å². The first-order chi connectivity index (χ1) is 12.3. The molecule has 0 aromatic carbocycles. The third-order valence-electron chi connectivity index (χ3n) is 5.21. The molecular weight excluding hydrogens is 330 g/mol. The minimum Gasteiger partial charge on any atom is -0.444 e. The lowest BCUT2D eigenvalue weighted by Gasteiger charge is -2.35. The summed E-state index contributed by atoms with van der Waals surface area (Å²) in [6.07, 6.45) is 8.86. The Morgan fingerprint density at radius 1 is 1.04 bits per heavy atom. The molecule has 2 aliphatic rings. The monoisotopic (exact) mass is 367 g/mol. The molecule has 1 aliphatic heterocycles. The summed E-state index contributed by atoms with van der Waals surface area (Å²) >= 11 is 0. The summed E-state index contributed by atoms with van der Waals surface area (Å²) in [5, 5.41) is 5.74. The maximum atomic E-state index is 12.1. The Balaban J connectivity index is 1.55. The number of nitrogens with zero attached hydrogens (tertiary/aromatic N) is 1. The molecule has 0 aromatic rings. The van der Waals surface area contributed by atoms with Crippen LogP contribution in [0.15, 0.2) is 0 Å². The van der Waals surface area contributed by atoms with Crippen LogP contribution in [0.2, 0.25) is 0 Å². The number of carbonyl (C=O) groups is 2. The summed E-state index contributed by atoms with van der Waals surface area (Å²) < 4.78 is 5.16. The SMILES string of the molecule is CC(C)(C)OC(=O)NCCC(=O)NC1CCN(CC2CCCCC2)CC1. The smallest absolute Gasteiger partial charge is 0.407 e. The molecule has 2 N–H and O–H groups in total. The van der Waals surface area contributed by atoms with Crippen LogP contribution >= 0.6 is 0 Å². The highest BCUT2D eigenvalue weighted by molar-refractivity contribution is 5.77. The minimum absolute atomic E-state index is 0.00629. The number of piperidine rings is 1. The average molecular weight is 368 g/mol. The van der Waals surface area contributed by atoms with Crippen LogP contribution in [0.1, 0.15) is 72.1 Å². The van der Waals surface area contributed by atoms with Crippen molar-refractivity contribution in [3.63, 3.8) is 0 Å². The Bertz CT molecular complexity index is 448. The standard InChI is InChI=1S/C20H37N3O3/c1-20(2,3)26-19(25)21-12-9-18(24)22-17-10-13-23(14-11-17)15-16-7-5-4-6-8-16/h16-17H,4-15H2,1-3H3,(H,21,25)(H,22,24). The van der Waals surface area contributed by atoms with E-state index >= 15 is 0 Å². The predicted molar refractivity (Wildman–Crippen MR) is 103 cm³/mol. The second-order valence-electron chi connectivity index (χ2n) is 8.83. The van der Waals surface area contributed by atoms with Crippen LogP contribution in [0.3, 0.4) is 0 Å². The highest BCUT2D eigenvalue weighted by atomic mass is 16.6. The van der Waals surface area contributed by atoms with Gasteiger partial charge in [0, 0.05) is 38.6 Å². The number of ether oxygens (including phenoxy) is 1. The second-order valence-corrected chi connectivity index (χ2v) is 8.83. The van der Waals surface area contributed by atoms with Crippen molar-refractivity contribution in [2.45, 2.75) is 83.8 Å². The van der Waals surface area contributed by atoms with E-state index in [1.165, 1.54) is 38.6 Å². The van der Waals surface area contributed by atoms with Gasteiger partial charge in [-0.3, -0.25) is 4.79 Å². The Labute approximate surface area is 158 Å². The van der Waals surface area contributed by atoms with E-state index in [2.05, 4.69) is 15.5 Å². The highest BCUT2D eigenvalue weighted by Crippen LogP contribution is 2.25. The van der Waals surface area contributed by atoms with Crippen LogP contribution in [-0.2, 0) is 9.53 Å². The largest absolute Gasteiger partial charge is 0.444 e. The van der Waals surface area contributed by atoms with Gasteiger partial charge < -0.3 is 20.3 Å². The Morgan fingerprint density at radius 2 is 1.69 bits per heavy atom. The number of likely N-dealkylation sites (tertiary alicyclic amines) is 1. The maximum Gasteiger partial charge on any atom is 0.407 e. The van der Waals surface area contributed by atoms with Crippen LogP contribution in [0.5, 0.6) is 0 Å². The molecule has 6 nitrogen and oxygen atoms in total. The van der Waals surface area contributed by atoms with E-state index in [9.17, 15) is 9.59 Å². The van der Waals surface area contributed by atoms with Crippen LogP contribution in [0.25, 0.3) is 0 Å². The van der Waals surface area contributed by atoms with Gasteiger partial charge >= 0.3 is 6.09 Å². The zero-order chi connectivity index (χ0) is 19.0.